The molecule has 0 radical (unpaired) electrons. The summed E-state index contributed by atoms with van der Waals surface area (Å²) in [7, 11) is 1.93. The molecule has 0 aromatic heterocycles. The molecular weight excluding hydrogens is 318 g/mol. The largest absolute Gasteiger partial charge is 0.396 e. The third-order valence-electron chi connectivity index (χ3n) is 3.13. The van der Waals surface area contributed by atoms with Crippen molar-refractivity contribution < 1.29 is 4.79 Å². The predicted octanol–water partition coefficient (Wildman–Crippen LogP) is 2.77. The first-order valence-corrected chi connectivity index (χ1v) is 6.93. The van der Waals surface area contributed by atoms with Crippen molar-refractivity contribution in [3.8, 4) is 0 Å². The van der Waals surface area contributed by atoms with Gasteiger partial charge in [-0.15, -0.1) is 0 Å². The smallest absolute Gasteiger partial charge is 0.250 e. The van der Waals surface area contributed by atoms with E-state index >= 15 is 0 Å². The lowest BCUT2D eigenvalue weighted by molar-refractivity contribution is 0.100. The molecule has 0 atom stereocenters. The first-order valence-electron chi connectivity index (χ1n) is 6.13. The van der Waals surface area contributed by atoms with Crippen molar-refractivity contribution in [2.45, 2.75) is 6.54 Å². The molecule has 0 aliphatic heterocycles. The van der Waals surface area contributed by atoms with E-state index in [0.717, 1.165) is 15.7 Å². The van der Waals surface area contributed by atoms with Crippen LogP contribution in [-0.2, 0) is 6.54 Å². The Morgan fingerprint density at radius 3 is 2.55 bits per heavy atom. The zero-order chi connectivity index (χ0) is 14.7. The molecular formula is C15H16BrN3O. The monoisotopic (exact) mass is 333 g/mol. The number of anilines is 2. The van der Waals surface area contributed by atoms with E-state index in [0.29, 0.717) is 17.8 Å². The van der Waals surface area contributed by atoms with Crippen molar-refractivity contribution in [1.82, 2.24) is 0 Å². The lowest BCUT2D eigenvalue weighted by atomic mass is 10.1. The molecule has 2 aromatic rings. The van der Waals surface area contributed by atoms with E-state index in [1.165, 1.54) is 0 Å². The third kappa shape index (κ3) is 2.93. The molecule has 0 unspecified atom stereocenters. The van der Waals surface area contributed by atoms with Crippen LogP contribution < -0.4 is 16.4 Å². The van der Waals surface area contributed by atoms with Gasteiger partial charge >= 0.3 is 0 Å². The van der Waals surface area contributed by atoms with Crippen molar-refractivity contribution in [2.24, 2.45) is 5.73 Å². The molecule has 0 aliphatic rings. The van der Waals surface area contributed by atoms with Gasteiger partial charge in [-0.05, 0) is 23.8 Å². The van der Waals surface area contributed by atoms with E-state index in [1.54, 1.807) is 12.1 Å². The number of hydrogen-bond donors (Lipinski definition) is 2. The van der Waals surface area contributed by atoms with E-state index in [-0.39, 0.29) is 0 Å². The van der Waals surface area contributed by atoms with Gasteiger partial charge in [0.2, 0.25) is 0 Å². The summed E-state index contributed by atoms with van der Waals surface area (Å²) in [4.78, 5) is 13.3. The second kappa shape index (κ2) is 5.96. The van der Waals surface area contributed by atoms with Gasteiger partial charge in [0, 0.05) is 18.1 Å². The molecule has 0 heterocycles. The maximum absolute atomic E-state index is 11.3. The number of benzene rings is 2. The number of primary amides is 1. The molecule has 5 heteroatoms. The van der Waals surface area contributed by atoms with Gasteiger partial charge in [-0.1, -0.05) is 40.2 Å². The van der Waals surface area contributed by atoms with Crippen LogP contribution in [-0.4, -0.2) is 13.0 Å². The van der Waals surface area contributed by atoms with Crippen LogP contribution in [0.3, 0.4) is 0 Å². The minimum atomic E-state index is -0.515. The molecule has 104 valence electrons. The van der Waals surface area contributed by atoms with Crippen LogP contribution in [0.25, 0.3) is 0 Å². The number of nitrogens with two attached hydrogens (primary N) is 2. The van der Waals surface area contributed by atoms with Gasteiger partial charge in [-0.2, -0.15) is 0 Å². The van der Waals surface area contributed by atoms with Crippen LogP contribution >= 0.6 is 15.9 Å². The molecule has 0 bridgehead atoms. The van der Waals surface area contributed by atoms with E-state index in [4.69, 9.17) is 11.5 Å². The zero-order valence-electron chi connectivity index (χ0n) is 11.1. The molecule has 2 aromatic carbocycles. The minimum absolute atomic E-state index is 0.349. The third-order valence-corrected chi connectivity index (χ3v) is 3.90. The lowest BCUT2D eigenvalue weighted by Crippen LogP contribution is -2.20. The molecule has 0 aliphatic carbocycles. The van der Waals surface area contributed by atoms with Crippen LogP contribution in [0.1, 0.15) is 15.9 Å². The fourth-order valence-electron chi connectivity index (χ4n) is 2.07. The standard InChI is InChI=1S/C15H16BrN3O/c1-19(9-10-5-2-3-7-12(10)16)13-8-4-6-11(14(13)17)15(18)20/h2-8H,9,17H2,1H3,(H2,18,20). The number of carbonyl (C=O) groups excluding carboxylic acids is 1. The average Bonchev–Trinajstić information content (AvgIpc) is 2.41. The summed E-state index contributed by atoms with van der Waals surface area (Å²) < 4.78 is 1.04. The molecule has 20 heavy (non-hydrogen) atoms. The highest BCUT2D eigenvalue weighted by atomic mass is 79.9. The van der Waals surface area contributed by atoms with E-state index in [1.807, 2.05) is 42.3 Å². The fourth-order valence-corrected chi connectivity index (χ4v) is 2.48. The summed E-state index contributed by atoms with van der Waals surface area (Å²) in [5.74, 6) is -0.515. The topological polar surface area (TPSA) is 72.3 Å². The molecule has 1 amide bonds. The van der Waals surface area contributed by atoms with Crippen LogP contribution in [0.4, 0.5) is 11.4 Å². The average molecular weight is 334 g/mol. The highest BCUT2D eigenvalue weighted by molar-refractivity contribution is 9.10. The van der Waals surface area contributed by atoms with Gasteiger partial charge in [-0.3, -0.25) is 4.79 Å². The summed E-state index contributed by atoms with van der Waals surface area (Å²) in [6.45, 7) is 0.674. The Morgan fingerprint density at radius 1 is 1.20 bits per heavy atom. The first-order chi connectivity index (χ1) is 9.50. The fraction of sp³-hybridized carbons (Fsp3) is 0.133. The van der Waals surface area contributed by atoms with Crippen LogP contribution in [0.15, 0.2) is 46.9 Å². The maximum atomic E-state index is 11.3. The van der Waals surface area contributed by atoms with E-state index in [2.05, 4.69) is 15.9 Å². The highest BCUT2D eigenvalue weighted by Gasteiger charge is 2.13. The van der Waals surface area contributed by atoms with E-state index in [9.17, 15) is 4.79 Å². The Bertz CT molecular complexity index is 643. The Balaban J connectivity index is 2.30. The first kappa shape index (κ1) is 14.4. The Hall–Kier alpha value is -2.01. The van der Waals surface area contributed by atoms with Gasteiger partial charge in [0.1, 0.15) is 0 Å². The number of hydrogen-bond acceptors (Lipinski definition) is 3. The zero-order valence-corrected chi connectivity index (χ0v) is 12.7. The predicted molar refractivity (Wildman–Crippen MR) is 85.6 cm³/mol. The van der Waals surface area contributed by atoms with E-state index < -0.39 is 5.91 Å². The van der Waals surface area contributed by atoms with Crippen molar-refractivity contribution in [3.05, 3.63) is 58.1 Å². The lowest BCUT2D eigenvalue weighted by Gasteiger charge is -2.22. The van der Waals surface area contributed by atoms with Crippen molar-refractivity contribution in [3.63, 3.8) is 0 Å². The quantitative estimate of drug-likeness (QED) is 0.845. The summed E-state index contributed by atoms with van der Waals surface area (Å²) >= 11 is 3.52. The van der Waals surface area contributed by atoms with Crippen molar-refractivity contribution in [1.29, 1.82) is 0 Å². The second-order valence-corrected chi connectivity index (χ2v) is 5.40. The number of amides is 1. The van der Waals surface area contributed by atoms with Crippen molar-refractivity contribution >= 4 is 33.2 Å². The molecule has 2 rings (SSSR count). The SMILES string of the molecule is CN(Cc1ccccc1Br)c1cccc(C(N)=O)c1N. The van der Waals surface area contributed by atoms with Crippen molar-refractivity contribution in [2.75, 3.05) is 17.7 Å². The van der Waals surface area contributed by atoms with Crippen LogP contribution in [0.5, 0.6) is 0 Å². The summed E-state index contributed by atoms with van der Waals surface area (Å²) in [6, 6.07) is 13.3. The van der Waals surface area contributed by atoms with Gasteiger partial charge in [0.15, 0.2) is 0 Å². The second-order valence-electron chi connectivity index (χ2n) is 4.55. The Kier molecular flexibility index (Phi) is 4.29. The van der Waals surface area contributed by atoms with Gasteiger partial charge in [0.05, 0.1) is 16.9 Å². The van der Waals surface area contributed by atoms with Gasteiger partial charge < -0.3 is 16.4 Å². The summed E-state index contributed by atoms with van der Waals surface area (Å²) in [5, 5.41) is 0. The maximum Gasteiger partial charge on any atom is 0.250 e. The molecule has 4 nitrogen and oxygen atoms in total. The van der Waals surface area contributed by atoms with Gasteiger partial charge in [-0.25, -0.2) is 0 Å². The number of para-hydroxylation sites is 1. The van der Waals surface area contributed by atoms with Gasteiger partial charge in [0.25, 0.3) is 5.91 Å². The molecule has 0 fully saturated rings. The molecule has 0 saturated heterocycles. The number of halogens is 1. The normalized spacial score (nSPS) is 10.3. The minimum Gasteiger partial charge on any atom is -0.396 e. The highest BCUT2D eigenvalue weighted by Crippen LogP contribution is 2.28. The molecule has 0 spiro atoms. The number of nitrogens with zero attached hydrogens (tertiary/aromatic N) is 1. The summed E-state index contributed by atoms with van der Waals surface area (Å²) in [5.41, 5.74) is 14.0. The molecule has 4 N–H and O–H groups in total. The number of rotatable bonds is 4. The van der Waals surface area contributed by atoms with Crippen LogP contribution in [0.2, 0.25) is 0 Å². The Morgan fingerprint density at radius 2 is 1.90 bits per heavy atom. The van der Waals surface area contributed by atoms with Crippen LogP contribution in [0, 0.1) is 0 Å². The summed E-state index contributed by atoms with van der Waals surface area (Å²) in [6.07, 6.45) is 0. The Labute approximate surface area is 126 Å². The molecule has 0 saturated carbocycles. The number of carbonyl (C=O) groups is 1. The number of nitrogen functional groups attached to an aromatic ring is 1.